The molecule has 0 aliphatic carbocycles. The van der Waals surface area contributed by atoms with Crippen LogP contribution in [0, 0.1) is 5.92 Å². The van der Waals surface area contributed by atoms with Crippen molar-refractivity contribution in [3.63, 3.8) is 0 Å². The number of hydrogen-bond donors (Lipinski definition) is 1. The van der Waals surface area contributed by atoms with Gasteiger partial charge in [0.1, 0.15) is 0 Å². The Balaban J connectivity index is 1.84. The van der Waals surface area contributed by atoms with Crippen LogP contribution in [0.5, 0.6) is 0 Å². The maximum Gasteiger partial charge on any atom is 0.226 e. The van der Waals surface area contributed by atoms with Crippen molar-refractivity contribution in [3.8, 4) is 0 Å². The molecule has 2 rings (SSSR count). The lowest BCUT2D eigenvalue weighted by molar-refractivity contribution is -0.159. The van der Waals surface area contributed by atoms with E-state index in [1.165, 1.54) is 0 Å². The molecule has 0 bridgehead atoms. The standard InChI is InChI=1S/C10H17NO2S/c1-2-10(13)6-11(7-10)9(12)8-3-4-14-5-8/h8,13H,2-7H2,1H3. The normalized spacial score (nSPS) is 30.1. The third-order valence-corrected chi connectivity index (χ3v) is 4.38. The summed E-state index contributed by atoms with van der Waals surface area (Å²) in [6.45, 7) is 3.06. The van der Waals surface area contributed by atoms with Crippen molar-refractivity contribution in [1.82, 2.24) is 4.90 Å². The molecular formula is C10H17NO2S. The minimum absolute atomic E-state index is 0.224. The Labute approximate surface area is 88.9 Å². The van der Waals surface area contributed by atoms with E-state index < -0.39 is 5.60 Å². The molecule has 1 N–H and O–H groups in total. The van der Waals surface area contributed by atoms with Crippen molar-refractivity contribution < 1.29 is 9.90 Å². The molecular weight excluding hydrogens is 198 g/mol. The van der Waals surface area contributed by atoms with E-state index in [0.717, 1.165) is 24.3 Å². The maximum absolute atomic E-state index is 11.8. The SMILES string of the molecule is CCC1(O)CN(C(=O)C2CCSC2)C1. The van der Waals surface area contributed by atoms with Gasteiger partial charge in [0.15, 0.2) is 0 Å². The van der Waals surface area contributed by atoms with Crippen molar-refractivity contribution in [1.29, 1.82) is 0 Å². The lowest BCUT2D eigenvalue weighted by Crippen LogP contribution is -2.64. The fourth-order valence-electron chi connectivity index (χ4n) is 2.03. The number of hydrogen-bond acceptors (Lipinski definition) is 3. The van der Waals surface area contributed by atoms with Crippen LogP contribution in [-0.4, -0.2) is 46.1 Å². The summed E-state index contributed by atoms with van der Waals surface area (Å²) < 4.78 is 0. The summed E-state index contributed by atoms with van der Waals surface area (Å²) in [6.07, 6.45) is 1.76. The highest BCUT2D eigenvalue weighted by atomic mass is 32.2. The molecule has 0 saturated carbocycles. The van der Waals surface area contributed by atoms with Crippen LogP contribution in [0.25, 0.3) is 0 Å². The molecule has 1 atom stereocenters. The van der Waals surface area contributed by atoms with Gasteiger partial charge >= 0.3 is 0 Å². The van der Waals surface area contributed by atoms with Crippen molar-refractivity contribution in [2.75, 3.05) is 24.6 Å². The fraction of sp³-hybridized carbons (Fsp3) is 0.900. The molecule has 14 heavy (non-hydrogen) atoms. The average Bonchev–Trinajstić information content (AvgIpc) is 2.64. The summed E-state index contributed by atoms with van der Waals surface area (Å²) in [6, 6.07) is 0. The minimum atomic E-state index is -0.582. The average molecular weight is 215 g/mol. The van der Waals surface area contributed by atoms with Crippen LogP contribution in [0.15, 0.2) is 0 Å². The molecule has 2 fully saturated rings. The molecule has 0 radical (unpaired) electrons. The smallest absolute Gasteiger partial charge is 0.226 e. The summed E-state index contributed by atoms with van der Waals surface area (Å²) in [5.74, 6) is 2.57. The first-order valence-electron chi connectivity index (χ1n) is 5.23. The third-order valence-electron chi connectivity index (χ3n) is 3.22. The largest absolute Gasteiger partial charge is 0.386 e. The number of β-amino-alcohol motifs (C(OH)–C–C–N with tert-alkyl or cyclic N) is 1. The zero-order valence-electron chi connectivity index (χ0n) is 8.53. The molecule has 2 saturated heterocycles. The molecule has 0 aromatic carbocycles. The van der Waals surface area contributed by atoms with Crippen LogP contribution >= 0.6 is 11.8 Å². The number of amides is 1. The number of carbonyl (C=O) groups is 1. The Morgan fingerprint density at radius 2 is 2.36 bits per heavy atom. The van der Waals surface area contributed by atoms with E-state index in [0.29, 0.717) is 13.1 Å². The van der Waals surface area contributed by atoms with Crippen LogP contribution in [0.1, 0.15) is 19.8 Å². The van der Waals surface area contributed by atoms with Crippen LogP contribution in [0.3, 0.4) is 0 Å². The Kier molecular flexibility index (Phi) is 2.75. The minimum Gasteiger partial charge on any atom is -0.386 e. The van der Waals surface area contributed by atoms with E-state index in [-0.39, 0.29) is 11.8 Å². The first-order chi connectivity index (χ1) is 6.64. The van der Waals surface area contributed by atoms with Gasteiger partial charge in [-0.15, -0.1) is 0 Å². The van der Waals surface area contributed by atoms with Gasteiger partial charge in [-0.25, -0.2) is 0 Å². The predicted octanol–water partition coefficient (Wildman–Crippen LogP) is 0.723. The summed E-state index contributed by atoms with van der Waals surface area (Å²) in [4.78, 5) is 13.6. The molecule has 80 valence electrons. The highest BCUT2D eigenvalue weighted by Gasteiger charge is 2.43. The van der Waals surface area contributed by atoms with Crippen molar-refractivity contribution in [3.05, 3.63) is 0 Å². The van der Waals surface area contributed by atoms with Crippen molar-refractivity contribution >= 4 is 17.7 Å². The highest BCUT2D eigenvalue weighted by Crippen LogP contribution is 2.30. The Bertz CT molecular complexity index is 232. The molecule has 0 spiro atoms. The molecule has 0 aromatic heterocycles. The van der Waals surface area contributed by atoms with Gasteiger partial charge in [-0.05, 0) is 18.6 Å². The number of likely N-dealkylation sites (tertiary alicyclic amines) is 1. The van der Waals surface area contributed by atoms with E-state index in [4.69, 9.17) is 0 Å². The van der Waals surface area contributed by atoms with Gasteiger partial charge in [0, 0.05) is 11.7 Å². The van der Waals surface area contributed by atoms with Crippen LogP contribution < -0.4 is 0 Å². The van der Waals surface area contributed by atoms with Gasteiger partial charge in [-0.3, -0.25) is 4.79 Å². The number of carbonyl (C=O) groups excluding carboxylic acids is 1. The zero-order valence-corrected chi connectivity index (χ0v) is 9.35. The van der Waals surface area contributed by atoms with Gasteiger partial charge in [0.05, 0.1) is 18.7 Å². The Morgan fingerprint density at radius 1 is 1.64 bits per heavy atom. The van der Waals surface area contributed by atoms with E-state index in [9.17, 15) is 9.90 Å². The molecule has 2 heterocycles. The van der Waals surface area contributed by atoms with E-state index >= 15 is 0 Å². The van der Waals surface area contributed by atoms with E-state index in [2.05, 4.69) is 0 Å². The lowest BCUT2D eigenvalue weighted by atomic mass is 9.90. The Morgan fingerprint density at radius 3 is 2.86 bits per heavy atom. The second-order valence-electron chi connectivity index (χ2n) is 4.33. The maximum atomic E-state index is 11.8. The molecule has 2 aliphatic heterocycles. The summed E-state index contributed by atoms with van der Waals surface area (Å²) in [5, 5.41) is 9.78. The van der Waals surface area contributed by atoms with Gasteiger partial charge in [0.25, 0.3) is 0 Å². The number of aliphatic hydroxyl groups is 1. The second kappa shape index (κ2) is 3.74. The number of rotatable bonds is 2. The molecule has 0 aromatic rings. The van der Waals surface area contributed by atoms with Crippen LogP contribution in [0.2, 0.25) is 0 Å². The molecule has 3 nitrogen and oxygen atoms in total. The monoisotopic (exact) mass is 215 g/mol. The van der Waals surface area contributed by atoms with Crippen LogP contribution in [-0.2, 0) is 4.79 Å². The van der Waals surface area contributed by atoms with E-state index in [1.807, 2.05) is 18.7 Å². The van der Waals surface area contributed by atoms with Gasteiger partial charge < -0.3 is 10.0 Å². The lowest BCUT2D eigenvalue weighted by Gasteiger charge is -2.47. The molecule has 1 amide bonds. The number of thioether (sulfide) groups is 1. The molecule has 2 aliphatic rings. The second-order valence-corrected chi connectivity index (χ2v) is 5.48. The quantitative estimate of drug-likeness (QED) is 0.738. The van der Waals surface area contributed by atoms with Crippen molar-refractivity contribution in [2.45, 2.75) is 25.4 Å². The number of nitrogens with zero attached hydrogens (tertiary/aromatic N) is 1. The molecule has 1 unspecified atom stereocenters. The topological polar surface area (TPSA) is 40.5 Å². The van der Waals surface area contributed by atoms with Gasteiger partial charge in [0.2, 0.25) is 5.91 Å². The van der Waals surface area contributed by atoms with E-state index in [1.54, 1.807) is 4.90 Å². The van der Waals surface area contributed by atoms with Gasteiger partial charge in [-0.1, -0.05) is 6.92 Å². The summed E-state index contributed by atoms with van der Waals surface area (Å²) in [5.41, 5.74) is -0.582. The van der Waals surface area contributed by atoms with Crippen LogP contribution in [0.4, 0.5) is 0 Å². The third kappa shape index (κ3) is 1.77. The first-order valence-corrected chi connectivity index (χ1v) is 6.39. The zero-order chi connectivity index (χ0) is 10.2. The predicted molar refractivity (Wildman–Crippen MR) is 57.3 cm³/mol. The first kappa shape index (κ1) is 10.3. The van der Waals surface area contributed by atoms with Crippen molar-refractivity contribution in [2.24, 2.45) is 5.92 Å². The Hall–Kier alpha value is -0.220. The molecule has 4 heteroatoms. The fourth-order valence-corrected chi connectivity index (χ4v) is 3.24. The summed E-state index contributed by atoms with van der Waals surface area (Å²) >= 11 is 1.86. The highest BCUT2D eigenvalue weighted by molar-refractivity contribution is 7.99. The van der Waals surface area contributed by atoms with Gasteiger partial charge in [-0.2, -0.15) is 11.8 Å². The summed E-state index contributed by atoms with van der Waals surface area (Å²) in [7, 11) is 0.